The van der Waals surface area contributed by atoms with E-state index < -0.39 is 10.2 Å². The Morgan fingerprint density at radius 2 is 2.29 bits per heavy atom. The number of H-pyrrole nitrogens is 1. The van der Waals surface area contributed by atoms with Crippen LogP contribution in [-0.4, -0.2) is 49.9 Å². The molecule has 0 fully saturated rings. The molecule has 0 spiro atoms. The fourth-order valence-corrected chi connectivity index (χ4v) is 2.19. The van der Waals surface area contributed by atoms with Crippen LogP contribution in [0.3, 0.4) is 0 Å². The van der Waals surface area contributed by atoms with Gasteiger partial charge in [-0.2, -0.15) is 17.4 Å². The molecule has 3 N–H and O–H groups in total. The summed E-state index contributed by atoms with van der Waals surface area (Å²) in [4.78, 5) is 6.65. The first-order valence-electron chi connectivity index (χ1n) is 5.39. The van der Waals surface area contributed by atoms with Crippen LogP contribution in [0.4, 0.5) is 0 Å². The highest BCUT2D eigenvalue weighted by Crippen LogP contribution is 1.98. The van der Waals surface area contributed by atoms with Gasteiger partial charge < -0.3 is 10.3 Å². The molecule has 0 aromatic carbocycles. The summed E-state index contributed by atoms with van der Waals surface area (Å²) in [7, 11) is -0.0103. The predicted molar refractivity (Wildman–Crippen MR) is 65.5 cm³/mol. The molecule has 1 heterocycles. The number of rotatable bonds is 8. The van der Waals surface area contributed by atoms with Crippen LogP contribution in [0.25, 0.3) is 0 Å². The normalized spacial score (nSPS) is 12.2. The lowest BCUT2D eigenvalue weighted by Gasteiger charge is -2.17. The van der Waals surface area contributed by atoms with E-state index in [1.165, 1.54) is 10.6 Å². The second-order valence-corrected chi connectivity index (χ2v) is 5.54. The van der Waals surface area contributed by atoms with Crippen LogP contribution in [0.2, 0.25) is 0 Å². The molecule has 17 heavy (non-hydrogen) atoms. The summed E-state index contributed by atoms with van der Waals surface area (Å²) in [6.45, 7) is 1.50. The van der Waals surface area contributed by atoms with Gasteiger partial charge in [0, 0.05) is 25.5 Å². The van der Waals surface area contributed by atoms with Gasteiger partial charge in [-0.05, 0) is 20.0 Å². The van der Waals surface area contributed by atoms with Gasteiger partial charge in [-0.15, -0.1) is 0 Å². The van der Waals surface area contributed by atoms with Crippen molar-refractivity contribution < 1.29 is 8.42 Å². The standard InChI is InChI=1S/C9H19N5O2S/c1-10-4-3-5-14(2)17(15,16)13-7-9-6-11-8-12-9/h6,8,10,13H,3-5,7H2,1-2H3,(H,11,12). The van der Waals surface area contributed by atoms with Crippen LogP contribution in [0, 0.1) is 0 Å². The van der Waals surface area contributed by atoms with E-state index in [-0.39, 0.29) is 6.54 Å². The van der Waals surface area contributed by atoms with Crippen LogP contribution >= 0.6 is 0 Å². The van der Waals surface area contributed by atoms with E-state index in [1.54, 1.807) is 13.2 Å². The Morgan fingerprint density at radius 1 is 1.53 bits per heavy atom. The van der Waals surface area contributed by atoms with Gasteiger partial charge in [0.2, 0.25) is 0 Å². The van der Waals surface area contributed by atoms with Crippen LogP contribution < -0.4 is 10.0 Å². The van der Waals surface area contributed by atoms with Crippen LogP contribution in [-0.2, 0) is 16.8 Å². The summed E-state index contributed by atoms with van der Waals surface area (Å²) < 4.78 is 27.4. The fraction of sp³-hybridized carbons (Fsp3) is 0.667. The maximum atomic E-state index is 11.8. The lowest BCUT2D eigenvalue weighted by molar-refractivity contribution is 0.447. The highest BCUT2D eigenvalue weighted by Gasteiger charge is 2.16. The number of aromatic nitrogens is 2. The second-order valence-electron chi connectivity index (χ2n) is 3.68. The monoisotopic (exact) mass is 261 g/mol. The molecular formula is C9H19N5O2S. The fourth-order valence-electron chi connectivity index (χ4n) is 1.26. The van der Waals surface area contributed by atoms with Crippen molar-refractivity contribution >= 4 is 10.2 Å². The molecule has 0 saturated carbocycles. The average Bonchev–Trinajstić information content (AvgIpc) is 2.79. The van der Waals surface area contributed by atoms with Crippen molar-refractivity contribution in [2.75, 3.05) is 27.2 Å². The van der Waals surface area contributed by atoms with E-state index in [0.29, 0.717) is 6.54 Å². The first-order chi connectivity index (χ1) is 8.06. The SMILES string of the molecule is CNCCCN(C)S(=O)(=O)NCc1cnc[nH]1. The zero-order valence-electron chi connectivity index (χ0n) is 10.1. The van der Waals surface area contributed by atoms with Gasteiger partial charge >= 0.3 is 0 Å². The predicted octanol–water partition coefficient (Wildman–Crippen LogP) is -0.715. The summed E-state index contributed by atoms with van der Waals surface area (Å²) >= 11 is 0. The highest BCUT2D eigenvalue weighted by atomic mass is 32.2. The number of aromatic amines is 1. The molecule has 98 valence electrons. The van der Waals surface area contributed by atoms with Gasteiger partial charge in [0.25, 0.3) is 10.2 Å². The van der Waals surface area contributed by atoms with E-state index in [0.717, 1.165) is 18.7 Å². The van der Waals surface area contributed by atoms with Crippen molar-refractivity contribution in [3.05, 3.63) is 18.2 Å². The quantitative estimate of drug-likeness (QED) is 0.539. The number of hydrogen-bond acceptors (Lipinski definition) is 4. The summed E-state index contributed by atoms with van der Waals surface area (Å²) in [6.07, 6.45) is 3.88. The minimum Gasteiger partial charge on any atom is -0.347 e. The molecule has 0 amide bonds. The molecule has 0 aliphatic rings. The third-order valence-electron chi connectivity index (χ3n) is 2.31. The summed E-state index contributed by atoms with van der Waals surface area (Å²) in [5, 5.41) is 2.97. The van der Waals surface area contributed by atoms with Crippen LogP contribution in [0.5, 0.6) is 0 Å². The Kier molecular flexibility index (Phi) is 5.56. The first kappa shape index (κ1) is 14.1. The maximum Gasteiger partial charge on any atom is 0.279 e. The number of nitrogens with zero attached hydrogens (tertiary/aromatic N) is 2. The van der Waals surface area contributed by atoms with E-state index in [1.807, 2.05) is 7.05 Å². The zero-order chi connectivity index (χ0) is 12.7. The minimum atomic E-state index is -3.41. The lowest BCUT2D eigenvalue weighted by atomic mass is 10.4. The third kappa shape index (κ3) is 4.82. The zero-order valence-corrected chi connectivity index (χ0v) is 10.9. The molecule has 1 aromatic rings. The Bertz CT molecular complexity index is 403. The molecule has 7 nitrogen and oxygen atoms in total. The van der Waals surface area contributed by atoms with Crippen LogP contribution in [0.1, 0.15) is 12.1 Å². The van der Waals surface area contributed by atoms with Crippen molar-refractivity contribution in [2.45, 2.75) is 13.0 Å². The summed E-state index contributed by atoms with van der Waals surface area (Å²) in [5.41, 5.74) is 0.734. The molecule has 0 aliphatic carbocycles. The van der Waals surface area contributed by atoms with Gasteiger partial charge in [0.05, 0.1) is 12.9 Å². The smallest absolute Gasteiger partial charge is 0.279 e. The lowest BCUT2D eigenvalue weighted by Crippen LogP contribution is -2.39. The van der Waals surface area contributed by atoms with Crippen molar-refractivity contribution in [3.63, 3.8) is 0 Å². The molecule has 0 saturated heterocycles. The maximum absolute atomic E-state index is 11.8. The first-order valence-corrected chi connectivity index (χ1v) is 6.83. The third-order valence-corrected chi connectivity index (χ3v) is 3.82. The summed E-state index contributed by atoms with van der Waals surface area (Å²) in [6, 6.07) is 0. The van der Waals surface area contributed by atoms with E-state index in [9.17, 15) is 8.42 Å². The van der Waals surface area contributed by atoms with Gasteiger partial charge in [0.15, 0.2) is 0 Å². The van der Waals surface area contributed by atoms with Crippen LogP contribution in [0.15, 0.2) is 12.5 Å². The topological polar surface area (TPSA) is 90.1 Å². The Balaban J connectivity index is 2.39. The van der Waals surface area contributed by atoms with E-state index in [4.69, 9.17) is 0 Å². The van der Waals surface area contributed by atoms with E-state index in [2.05, 4.69) is 20.0 Å². The molecule has 0 bridgehead atoms. The molecule has 1 aromatic heterocycles. The minimum absolute atomic E-state index is 0.221. The Hall–Kier alpha value is -0.960. The summed E-state index contributed by atoms with van der Waals surface area (Å²) in [5.74, 6) is 0. The molecule has 8 heteroatoms. The molecule has 0 radical (unpaired) electrons. The number of hydrogen-bond donors (Lipinski definition) is 3. The number of imidazole rings is 1. The van der Waals surface area contributed by atoms with Gasteiger partial charge in [-0.3, -0.25) is 0 Å². The average molecular weight is 261 g/mol. The molecule has 0 atom stereocenters. The van der Waals surface area contributed by atoms with Crippen molar-refractivity contribution in [3.8, 4) is 0 Å². The van der Waals surface area contributed by atoms with Gasteiger partial charge in [-0.1, -0.05) is 0 Å². The van der Waals surface area contributed by atoms with E-state index >= 15 is 0 Å². The molecular weight excluding hydrogens is 242 g/mol. The highest BCUT2D eigenvalue weighted by molar-refractivity contribution is 7.87. The van der Waals surface area contributed by atoms with Crippen molar-refractivity contribution in [2.24, 2.45) is 0 Å². The van der Waals surface area contributed by atoms with Crippen molar-refractivity contribution in [1.82, 2.24) is 24.3 Å². The molecule has 0 unspecified atom stereocenters. The Morgan fingerprint density at radius 3 is 2.88 bits per heavy atom. The molecule has 1 rings (SSSR count). The van der Waals surface area contributed by atoms with Crippen molar-refractivity contribution in [1.29, 1.82) is 0 Å². The Labute approximate surface area is 102 Å². The molecule has 0 aliphatic heterocycles. The van der Waals surface area contributed by atoms with Gasteiger partial charge in [-0.25, -0.2) is 4.98 Å². The second kappa shape index (κ2) is 6.70. The largest absolute Gasteiger partial charge is 0.347 e. The van der Waals surface area contributed by atoms with Gasteiger partial charge in [0.1, 0.15) is 0 Å². The number of nitrogens with one attached hydrogen (secondary N) is 3.